The Kier molecular flexibility index (Phi) is 5.17. The van der Waals surface area contributed by atoms with Gasteiger partial charge in [0.1, 0.15) is 15.8 Å². The second-order valence-electron chi connectivity index (χ2n) is 7.18. The van der Waals surface area contributed by atoms with Crippen LogP contribution in [0.15, 0.2) is 36.4 Å². The smallest absolute Gasteiger partial charge is 0.148 e. The molecule has 1 aliphatic rings. The molecular formula is C23H23N3OS. The number of aromatic nitrogens is 2. The predicted molar refractivity (Wildman–Crippen MR) is 114 cm³/mol. The van der Waals surface area contributed by atoms with Crippen LogP contribution < -0.4 is 10.5 Å². The molecule has 1 atom stereocenters. The summed E-state index contributed by atoms with van der Waals surface area (Å²) in [6, 6.07) is 12.5. The first-order valence-electron chi connectivity index (χ1n) is 9.52. The minimum absolute atomic E-state index is 0.0999. The van der Waals surface area contributed by atoms with Crippen molar-refractivity contribution >= 4 is 11.3 Å². The number of nitrogens with two attached hydrogens (primary N) is 1. The molecule has 1 aliphatic carbocycles. The normalized spacial score (nSPS) is 15.2. The van der Waals surface area contributed by atoms with Gasteiger partial charge in [0.05, 0.1) is 11.7 Å². The van der Waals surface area contributed by atoms with Crippen LogP contribution in [0.2, 0.25) is 0 Å². The van der Waals surface area contributed by atoms with Gasteiger partial charge in [0.2, 0.25) is 0 Å². The number of rotatable bonds is 4. The van der Waals surface area contributed by atoms with Gasteiger partial charge >= 0.3 is 0 Å². The predicted octanol–water partition coefficient (Wildman–Crippen LogP) is 4.98. The molecule has 0 aliphatic heterocycles. The Morgan fingerprint density at radius 1 is 1.18 bits per heavy atom. The molecule has 0 spiro atoms. The Labute approximate surface area is 169 Å². The van der Waals surface area contributed by atoms with Crippen LogP contribution in [-0.2, 0) is 6.42 Å². The van der Waals surface area contributed by atoms with E-state index in [0.717, 1.165) is 45.3 Å². The highest BCUT2D eigenvalue weighted by Crippen LogP contribution is 2.39. The molecule has 28 heavy (non-hydrogen) atoms. The standard InChI is InChI=1S/C23H23N3OS/c1-4-6-15-13-16(9-12-21(15)27-14(2)3)22-25-26-23(28-22)19-8-5-7-18-17(19)10-11-20(18)24/h5,7-9,12-14,20H,10-11,24H2,1-3H3. The molecule has 4 nitrogen and oxygen atoms in total. The molecule has 0 radical (unpaired) electrons. The second-order valence-corrected chi connectivity index (χ2v) is 8.16. The third kappa shape index (κ3) is 3.54. The zero-order chi connectivity index (χ0) is 19.7. The molecule has 0 saturated heterocycles. The molecule has 2 aromatic carbocycles. The Hall–Kier alpha value is -2.68. The number of hydrogen-bond acceptors (Lipinski definition) is 5. The van der Waals surface area contributed by atoms with Crippen molar-refractivity contribution in [2.45, 2.75) is 45.8 Å². The Morgan fingerprint density at radius 3 is 2.79 bits per heavy atom. The Balaban J connectivity index is 1.70. The summed E-state index contributed by atoms with van der Waals surface area (Å²) in [5.74, 6) is 6.90. The largest absolute Gasteiger partial charge is 0.490 e. The van der Waals surface area contributed by atoms with Crippen LogP contribution in [0.1, 0.15) is 49.9 Å². The van der Waals surface area contributed by atoms with E-state index >= 15 is 0 Å². The van der Waals surface area contributed by atoms with Gasteiger partial charge in [-0.25, -0.2) is 0 Å². The summed E-state index contributed by atoms with van der Waals surface area (Å²) < 4.78 is 5.88. The van der Waals surface area contributed by atoms with Crippen molar-refractivity contribution in [3.05, 3.63) is 53.1 Å². The van der Waals surface area contributed by atoms with Gasteiger partial charge in [-0.1, -0.05) is 35.5 Å². The molecule has 5 heteroatoms. The van der Waals surface area contributed by atoms with E-state index in [1.54, 1.807) is 11.3 Å². The molecule has 142 valence electrons. The first-order chi connectivity index (χ1) is 13.6. The minimum Gasteiger partial charge on any atom is -0.490 e. The fourth-order valence-electron chi connectivity index (χ4n) is 3.59. The van der Waals surface area contributed by atoms with Crippen molar-refractivity contribution < 1.29 is 4.74 Å². The number of nitrogens with zero attached hydrogens (tertiary/aromatic N) is 2. The molecule has 0 saturated carbocycles. The summed E-state index contributed by atoms with van der Waals surface area (Å²) in [4.78, 5) is 0. The number of ether oxygens (including phenoxy) is 1. The maximum Gasteiger partial charge on any atom is 0.148 e. The van der Waals surface area contributed by atoms with Crippen LogP contribution in [-0.4, -0.2) is 16.3 Å². The highest BCUT2D eigenvalue weighted by atomic mass is 32.1. The summed E-state index contributed by atoms with van der Waals surface area (Å²) in [6.45, 7) is 5.85. The molecule has 4 rings (SSSR count). The minimum atomic E-state index is 0.0999. The van der Waals surface area contributed by atoms with E-state index in [0.29, 0.717) is 0 Å². The molecule has 3 aromatic rings. The van der Waals surface area contributed by atoms with Gasteiger partial charge in [0.25, 0.3) is 0 Å². The number of hydrogen-bond donors (Lipinski definition) is 1. The van der Waals surface area contributed by atoms with E-state index < -0.39 is 0 Å². The lowest BCUT2D eigenvalue weighted by molar-refractivity contribution is 0.242. The molecule has 0 amide bonds. The monoisotopic (exact) mass is 389 g/mol. The van der Waals surface area contributed by atoms with Gasteiger partial charge in [-0.15, -0.1) is 16.1 Å². The lowest BCUT2D eigenvalue weighted by atomic mass is 10.0. The Bertz CT molecular complexity index is 1070. The molecule has 2 N–H and O–H groups in total. The lowest BCUT2D eigenvalue weighted by Crippen LogP contribution is -2.06. The fourth-order valence-corrected chi connectivity index (χ4v) is 4.48. The van der Waals surface area contributed by atoms with E-state index in [4.69, 9.17) is 10.5 Å². The quantitative estimate of drug-likeness (QED) is 0.640. The average Bonchev–Trinajstić information content (AvgIpc) is 3.30. The van der Waals surface area contributed by atoms with Gasteiger partial charge in [-0.2, -0.15) is 0 Å². The van der Waals surface area contributed by atoms with E-state index in [1.165, 1.54) is 11.1 Å². The summed E-state index contributed by atoms with van der Waals surface area (Å²) >= 11 is 1.60. The maximum atomic E-state index is 6.23. The van der Waals surface area contributed by atoms with Gasteiger partial charge in [-0.3, -0.25) is 0 Å². The lowest BCUT2D eigenvalue weighted by Gasteiger charge is -2.12. The van der Waals surface area contributed by atoms with Crippen LogP contribution in [0.25, 0.3) is 21.1 Å². The van der Waals surface area contributed by atoms with Crippen molar-refractivity contribution in [2.24, 2.45) is 5.73 Å². The molecule has 1 aromatic heterocycles. The molecule has 1 heterocycles. The van der Waals surface area contributed by atoms with E-state index in [2.05, 4.69) is 40.2 Å². The fraction of sp³-hybridized carbons (Fsp3) is 0.304. The summed E-state index contributed by atoms with van der Waals surface area (Å²) in [6.07, 6.45) is 2.09. The highest BCUT2D eigenvalue weighted by molar-refractivity contribution is 7.17. The third-order valence-electron chi connectivity index (χ3n) is 4.82. The first-order valence-corrected chi connectivity index (χ1v) is 10.3. The van der Waals surface area contributed by atoms with Crippen LogP contribution >= 0.6 is 11.3 Å². The Morgan fingerprint density at radius 2 is 2.00 bits per heavy atom. The first kappa shape index (κ1) is 18.7. The molecule has 0 fully saturated rings. The average molecular weight is 390 g/mol. The SMILES string of the molecule is CC#Cc1cc(-c2nnc(-c3cccc4c3CCC4N)s2)ccc1OC(C)C. The topological polar surface area (TPSA) is 61.0 Å². The molecule has 0 bridgehead atoms. The zero-order valence-corrected chi connectivity index (χ0v) is 17.1. The van der Waals surface area contributed by atoms with Crippen LogP contribution in [0.4, 0.5) is 0 Å². The van der Waals surface area contributed by atoms with Gasteiger partial charge in [0.15, 0.2) is 0 Å². The zero-order valence-electron chi connectivity index (χ0n) is 16.3. The summed E-state index contributed by atoms with van der Waals surface area (Å²) in [5, 5.41) is 10.7. The van der Waals surface area contributed by atoms with Crippen LogP contribution in [0, 0.1) is 11.8 Å². The van der Waals surface area contributed by atoms with Crippen molar-refractivity contribution in [1.82, 2.24) is 10.2 Å². The van der Waals surface area contributed by atoms with Crippen LogP contribution in [0.5, 0.6) is 5.75 Å². The van der Waals surface area contributed by atoms with E-state index in [1.807, 2.05) is 39.0 Å². The highest BCUT2D eigenvalue weighted by Gasteiger charge is 2.23. The van der Waals surface area contributed by atoms with E-state index in [-0.39, 0.29) is 12.1 Å². The number of benzene rings is 2. The summed E-state index contributed by atoms with van der Waals surface area (Å²) in [7, 11) is 0. The van der Waals surface area contributed by atoms with Crippen molar-refractivity contribution in [2.75, 3.05) is 0 Å². The maximum absolute atomic E-state index is 6.23. The molecular weight excluding hydrogens is 366 g/mol. The second kappa shape index (κ2) is 7.75. The van der Waals surface area contributed by atoms with Crippen LogP contribution in [0.3, 0.4) is 0 Å². The van der Waals surface area contributed by atoms with Crippen molar-refractivity contribution in [3.8, 4) is 38.7 Å². The van der Waals surface area contributed by atoms with Gasteiger partial charge in [-0.05, 0) is 62.9 Å². The summed E-state index contributed by atoms with van der Waals surface area (Å²) in [5.41, 5.74) is 11.8. The van der Waals surface area contributed by atoms with E-state index in [9.17, 15) is 0 Å². The number of fused-ring (bicyclic) bond motifs is 1. The third-order valence-corrected chi connectivity index (χ3v) is 5.83. The molecule has 1 unspecified atom stereocenters. The van der Waals surface area contributed by atoms with Gasteiger partial charge < -0.3 is 10.5 Å². The van der Waals surface area contributed by atoms with Crippen molar-refractivity contribution in [3.63, 3.8) is 0 Å². The van der Waals surface area contributed by atoms with Crippen molar-refractivity contribution in [1.29, 1.82) is 0 Å². The van der Waals surface area contributed by atoms with Gasteiger partial charge in [0, 0.05) is 17.2 Å².